The van der Waals surface area contributed by atoms with Crippen molar-refractivity contribution in [2.24, 2.45) is 0 Å². The van der Waals surface area contributed by atoms with E-state index in [1.54, 1.807) is 18.3 Å². The van der Waals surface area contributed by atoms with E-state index in [1.165, 1.54) is 11.1 Å². The molecule has 0 aliphatic rings. The van der Waals surface area contributed by atoms with Gasteiger partial charge in [0.25, 0.3) is 5.91 Å². The molecule has 2 aromatic rings. The first-order valence-corrected chi connectivity index (χ1v) is 8.22. The fraction of sp³-hybridized carbons (Fsp3) is 0.368. The first-order valence-electron chi connectivity index (χ1n) is 8.22. The van der Waals surface area contributed by atoms with Crippen molar-refractivity contribution >= 4 is 11.7 Å². The first kappa shape index (κ1) is 17.0. The third kappa shape index (κ3) is 5.74. The molecule has 0 fully saturated rings. The predicted octanol–water partition coefficient (Wildman–Crippen LogP) is 3.92. The first-order chi connectivity index (χ1) is 11.2. The van der Waals surface area contributed by atoms with Crippen LogP contribution in [0.1, 0.15) is 47.7 Å². The molecule has 4 nitrogen and oxygen atoms in total. The van der Waals surface area contributed by atoms with Gasteiger partial charge in [0.2, 0.25) is 0 Å². The maximum absolute atomic E-state index is 12.1. The Morgan fingerprint density at radius 2 is 2.04 bits per heavy atom. The number of carbonyl (C=O) groups is 1. The number of rotatable bonds is 8. The van der Waals surface area contributed by atoms with Crippen LogP contribution in [0.4, 0.5) is 5.82 Å². The van der Waals surface area contributed by atoms with Crippen LogP contribution in [0.3, 0.4) is 0 Å². The molecule has 122 valence electrons. The fourth-order valence-electron chi connectivity index (χ4n) is 2.36. The Bertz CT molecular complexity index is 640. The SMILES string of the molecule is CCCCCNC(=O)c1ccnc(NCc2cccc(C)c2)c1. The number of hydrogen-bond donors (Lipinski definition) is 2. The minimum absolute atomic E-state index is 0.0397. The van der Waals surface area contributed by atoms with E-state index in [2.05, 4.69) is 47.7 Å². The molecule has 0 saturated heterocycles. The van der Waals surface area contributed by atoms with Gasteiger partial charge in [-0.2, -0.15) is 0 Å². The Kier molecular flexibility index (Phi) is 6.60. The van der Waals surface area contributed by atoms with Crippen molar-refractivity contribution in [2.75, 3.05) is 11.9 Å². The monoisotopic (exact) mass is 311 g/mol. The van der Waals surface area contributed by atoms with E-state index < -0.39 is 0 Å². The zero-order valence-electron chi connectivity index (χ0n) is 13.9. The molecule has 2 N–H and O–H groups in total. The second-order valence-corrected chi connectivity index (χ2v) is 5.74. The van der Waals surface area contributed by atoms with Gasteiger partial charge in [-0.05, 0) is 31.0 Å². The fourth-order valence-corrected chi connectivity index (χ4v) is 2.36. The van der Waals surface area contributed by atoms with Crippen molar-refractivity contribution in [3.63, 3.8) is 0 Å². The van der Waals surface area contributed by atoms with E-state index in [4.69, 9.17) is 0 Å². The van der Waals surface area contributed by atoms with Crippen LogP contribution in [-0.4, -0.2) is 17.4 Å². The van der Waals surface area contributed by atoms with E-state index >= 15 is 0 Å². The highest BCUT2D eigenvalue weighted by molar-refractivity contribution is 5.94. The smallest absolute Gasteiger partial charge is 0.251 e. The Morgan fingerprint density at radius 3 is 2.83 bits per heavy atom. The molecule has 0 radical (unpaired) electrons. The standard InChI is InChI=1S/C19H25N3O/c1-3-4-5-10-21-19(23)17-9-11-20-18(13-17)22-14-16-8-6-7-15(2)12-16/h6-9,11-13H,3-5,10,14H2,1-2H3,(H,20,22)(H,21,23). The second-order valence-electron chi connectivity index (χ2n) is 5.74. The molecule has 0 atom stereocenters. The highest BCUT2D eigenvalue weighted by Gasteiger charge is 2.06. The number of hydrogen-bond acceptors (Lipinski definition) is 3. The summed E-state index contributed by atoms with van der Waals surface area (Å²) in [6, 6.07) is 11.9. The van der Waals surface area contributed by atoms with Gasteiger partial charge >= 0.3 is 0 Å². The van der Waals surface area contributed by atoms with E-state index in [1.807, 2.05) is 6.07 Å². The lowest BCUT2D eigenvalue weighted by molar-refractivity contribution is 0.0953. The molecule has 2 rings (SSSR count). The van der Waals surface area contributed by atoms with Crippen molar-refractivity contribution in [1.29, 1.82) is 0 Å². The summed E-state index contributed by atoms with van der Waals surface area (Å²) in [5.74, 6) is 0.676. The number of aryl methyl sites for hydroxylation is 1. The number of amides is 1. The summed E-state index contributed by atoms with van der Waals surface area (Å²) in [6.07, 6.45) is 4.98. The van der Waals surface area contributed by atoms with Crippen LogP contribution >= 0.6 is 0 Å². The average molecular weight is 311 g/mol. The molecule has 0 spiro atoms. The Balaban J connectivity index is 1.90. The summed E-state index contributed by atoms with van der Waals surface area (Å²) in [7, 11) is 0. The highest BCUT2D eigenvalue weighted by atomic mass is 16.1. The van der Waals surface area contributed by atoms with Gasteiger partial charge in [-0.15, -0.1) is 0 Å². The topological polar surface area (TPSA) is 54.0 Å². The number of carbonyl (C=O) groups excluding carboxylic acids is 1. The van der Waals surface area contributed by atoms with Gasteiger partial charge in [0, 0.05) is 24.8 Å². The summed E-state index contributed by atoms with van der Waals surface area (Å²) in [5.41, 5.74) is 3.07. The molecule has 0 aliphatic heterocycles. The quantitative estimate of drug-likeness (QED) is 0.726. The lowest BCUT2D eigenvalue weighted by Crippen LogP contribution is -2.24. The van der Waals surface area contributed by atoms with Gasteiger partial charge in [-0.3, -0.25) is 4.79 Å². The van der Waals surface area contributed by atoms with Crippen LogP contribution in [0.5, 0.6) is 0 Å². The molecule has 0 saturated carbocycles. The zero-order valence-corrected chi connectivity index (χ0v) is 13.9. The number of aromatic nitrogens is 1. The van der Waals surface area contributed by atoms with Crippen molar-refractivity contribution < 1.29 is 4.79 Å². The Labute approximate surface area is 138 Å². The minimum Gasteiger partial charge on any atom is -0.366 e. The van der Waals surface area contributed by atoms with Gasteiger partial charge in [-0.1, -0.05) is 49.6 Å². The third-order valence-electron chi connectivity index (χ3n) is 3.64. The second kappa shape index (κ2) is 8.93. The minimum atomic E-state index is -0.0397. The van der Waals surface area contributed by atoms with Crippen molar-refractivity contribution in [3.05, 3.63) is 59.3 Å². The van der Waals surface area contributed by atoms with Crippen molar-refractivity contribution in [2.45, 2.75) is 39.7 Å². The number of benzene rings is 1. The molecule has 0 aliphatic carbocycles. The summed E-state index contributed by atoms with van der Waals surface area (Å²) in [4.78, 5) is 16.4. The normalized spacial score (nSPS) is 10.3. The summed E-state index contributed by atoms with van der Waals surface area (Å²) < 4.78 is 0. The molecular weight excluding hydrogens is 286 g/mol. The molecule has 4 heteroatoms. The molecule has 0 bridgehead atoms. The molecule has 1 aromatic carbocycles. The third-order valence-corrected chi connectivity index (χ3v) is 3.64. The molecular formula is C19H25N3O. The van der Waals surface area contributed by atoms with Gasteiger partial charge in [0.05, 0.1) is 0 Å². The van der Waals surface area contributed by atoms with Crippen LogP contribution in [0.2, 0.25) is 0 Å². The maximum Gasteiger partial charge on any atom is 0.251 e. The summed E-state index contributed by atoms with van der Waals surface area (Å²) in [6.45, 7) is 5.64. The maximum atomic E-state index is 12.1. The number of nitrogens with zero attached hydrogens (tertiary/aromatic N) is 1. The van der Waals surface area contributed by atoms with Gasteiger partial charge in [-0.25, -0.2) is 4.98 Å². The van der Waals surface area contributed by atoms with Crippen LogP contribution in [-0.2, 0) is 6.54 Å². The van der Waals surface area contributed by atoms with Crippen LogP contribution in [0.25, 0.3) is 0 Å². The lowest BCUT2D eigenvalue weighted by Gasteiger charge is -2.09. The van der Waals surface area contributed by atoms with Crippen molar-refractivity contribution in [3.8, 4) is 0 Å². The largest absolute Gasteiger partial charge is 0.366 e. The molecule has 0 unspecified atom stereocenters. The molecule has 23 heavy (non-hydrogen) atoms. The number of nitrogens with one attached hydrogen (secondary N) is 2. The molecule has 1 aromatic heterocycles. The molecule has 1 amide bonds. The Hall–Kier alpha value is -2.36. The van der Waals surface area contributed by atoms with Crippen LogP contribution in [0, 0.1) is 6.92 Å². The number of pyridine rings is 1. The van der Waals surface area contributed by atoms with Gasteiger partial charge in [0.15, 0.2) is 0 Å². The lowest BCUT2D eigenvalue weighted by atomic mass is 10.1. The van der Waals surface area contributed by atoms with E-state index in [0.717, 1.165) is 25.8 Å². The molecule has 1 heterocycles. The van der Waals surface area contributed by atoms with Gasteiger partial charge in [0.1, 0.15) is 5.82 Å². The van der Waals surface area contributed by atoms with Gasteiger partial charge < -0.3 is 10.6 Å². The van der Waals surface area contributed by atoms with E-state index in [9.17, 15) is 4.79 Å². The zero-order chi connectivity index (χ0) is 16.5. The number of unbranched alkanes of at least 4 members (excludes halogenated alkanes) is 2. The van der Waals surface area contributed by atoms with E-state index in [0.29, 0.717) is 17.9 Å². The summed E-state index contributed by atoms with van der Waals surface area (Å²) in [5, 5.41) is 6.22. The number of anilines is 1. The van der Waals surface area contributed by atoms with Crippen LogP contribution in [0.15, 0.2) is 42.6 Å². The Morgan fingerprint density at radius 1 is 1.17 bits per heavy atom. The summed E-state index contributed by atoms with van der Waals surface area (Å²) >= 11 is 0. The van der Waals surface area contributed by atoms with Crippen LogP contribution < -0.4 is 10.6 Å². The highest BCUT2D eigenvalue weighted by Crippen LogP contribution is 2.10. The average Bonchev–Trinajstić information content (AvgIpc) is 2.57. The van der Waals surface area contributed by atoms with E-state index in [-0.39, 0.29) is 5.91 Å². The van der Waals surface area contributed by atoms with Crippen molar-refractivity contribution in [1.82, 2.24) is 10.3 Å². The predicted molar refractivity (Wildman–Crippen MR) is 94.6 cm³/mol.